The van der Waals surface area contributed by atoms with E-state index in [1.54, 1.807) is 13.0 Å². The maximum absolute atomic E-state index is 10.1. The zero-order valence-corrected chi connectivity index (χ0v) is 6.72. The molecular weight excluding hydrogens is 164 g/mol. The second kappa shape index (κ2) is 3.34. The van der Waals surface area contributed by atoms with Crippen LogP contribution in [0.25, 0.3) is 0 Å². The van der Waals surface area contributed by atoms with Gasteiger partial charge in [-0.05, 0) is 13.0 Å². The van der Waals surface area contributed by atoms with Crippen molar-refractivity contribution in [2.75, 3.05) is 5.32 Å². The Balaban J connectivity index is 3.01. The quantitative estimate of drug-likeness (QED) is 0.686. The zero-order valence-electron chi connectivity index (χ0n) is 5.97. The van der Waals surface area contributed by atoms with Crippen molar-refractivity contribution in [2.45, 2.75) is 6.92 Å². The number of amides is 1. The molecule has 0 aliphatic heterocycles. The normalized spacial score (nSPS) is 9.27. The van der Waals surface area contributed by atoms with Crippen LogP contribution < -0.4 is 5.32 Å². The van der Waals surface area contributed by atoms with Crippen LogP contribution in [-0.2, 0) is 4.79 Å². The molecule has 0 saturated carbocycles. The zero-order chi connectivity index (χ0) is 8.27. The van der Waals surface area contributed by atoms with E-state index < -0.39 is 0 Å². The fraction of sp³-hybridized carbons (Fsp3) is 0.143. The van der Waals surface area contributed by atoms with E-state index in [0.717, 1.165) is 5.69 Å². The molecule has 0 aliphatic carbocycles. The SMILES string of the molecule is Cc1ncc(Cl)cc1NC=O. The molecule has 1 aromatic heterocycles. The van der Waals surface area contributed by atoms with Crippen LogP contribution in [0.4, 0.5) is 5.69 Å². The Kier molecular flexibility index (Phi) is 2.44. The molecule has 0 saturated heterocycles. The van der Waals surface area contributed by atoms with E-state index in [-0.39, 0.29) is 0 Å². The number of hydrogen-bond donors (Lipinski definition) is 1. The van der Waals surface area contributed by atoms with Gasteiger partial charge < -0.3 is 5.32 Å². The van der Waals surface area contributed by atoms with Gasteiger partial charge in [0.1, 0.15) is 0 Å². The molecule has 0 spiro atoms. The van der Waals surface area contributed by atoms with E-state index in [1.165, 1.54) is 6.20 Å². The lowest BCUT2D eigenvalue weighted by Gasteiger charge is -2.01. The standard InChI is InChI=1S/C7H7ClN2O/c1-5-7(10-4-11)2-6(8)3-9-5/h2-4H,1H3,(H,10,11). The van der Waals surface area contributed by atoms with Crippen LogP contribution in [0, 0.1) is 6.92 Å². The summed E-state index contributed by atoms with van der Waals surface area (Å²) in [4.78, 5) is 14.0. The van der Waals surface area contributed by atoms with Crippen LogP contribution in [-0.4, -0.2) is 11.4 Å². The number of aromatic nitrogens is 1. The molecule has 3 nitrogen and oxygen atoms in total. The highest BCUT2D eigenvalue weighted by molar-refractivity contribution is 6.30. The summed E-state index contributed by atoms with van der Waals surface area (Å²) in [6.45, 7) is 1.79. The van der Waals surface area contributed by atoms with Crippen LogP contribution in [0.15, 0.2) is 12.3 Å². The molecular formula is C7H7ClN2O. The average molecular weight is 171 g/mol. The van der Waals surface area contributed by atoms with Crippen molar-refractivity contribution in [2.24, 2.45) is 0 Å². The van der Waals surface area contributed by atoms with Crippen molar-refractivity contribution in [1.29, 1.82) is 0 Å². The Morgan fingerprint density at radius 1 is 1.73 bits per heavy atom. The number of anilines is 1. The van der Waals surface area contributed by atoms with E-state index in [4.69, 9.17) is 11.6 Å². The lowest BCUT2D eigenvalue weighted by molar-refractivity contribution is -0.105. The van der Waals surface area contributed by atoms with Crippen molar-refractivity contribution in [3.8, 4) is 0 Å². The Morgan fingerprint density at radius 3 is 3.09 bits per heavy atom. The monoisotopic (exact) mass is 170 g/mol. The number of nitrogens with zero attached hydrogens (tertiary/aromatic N) is 1. The molecule has 0 bridgehead atoms. The molecule has 0 atom stereocenters. The number of halogens is 1. The molecule has 11 heavy (non-hydrogen) atoms. The van der Waals surface area contributed by atoms with E-state index >= 15 is 0 Å². The highest BCUT2D eigenvalue weighted by atomic mass is 35.5. The van der Waals surface area contributed by atoms with E-state index in [2.05, 4.69) is 10.3 Å². The Hall–Kier alpha value is -1.09. The number of pyridine rings is 1. The average Bonchev–Trinajstić information content (AvgIpc) is 1.98. The predicted octanol–water partition coefficient (Wildman–Crippen LogP) is 1.61. The lowest BCUT2D eigenvalue weighted by Crippen LogP contribution is -1.97. The Bertz CT molecular complexity index is 275. The van der Waals surface area contributed by atoms with Gasteiger partial charge in [0.25, 0.3) is 0 Å². The van der Waals surface area contributed by atoms with Gasteiger partial charge in [0.05, 0.1) is 16.4 Å². The summed E-state index contributed by atoms with van der Waals surface area (Å²) < 4.78 is 0. The van der Waals surface area contributed by atoms with Gasteiger partial charge in [-0.1, -0.05) is 11.6 Å². The molecule has 0 aliphatic rings. The molecule has 1 amide bonds. The van der Waals surface area contributed by atoms with E-state index in [9.17, 15) is 4.79 Å². The predicted molar refractivity (Wildman–Crippen MR) is 43.7 cm³/mol. The summed E-state index contributed by atoms with van der Waals surface area (Å²) in [7, 11) is 0. The van der Waals surface area contributed by atoms with Gasteiger partial charge in [-0.2, -0.15) is 0 Å². The van der Waals surface area contributed by atoms with Gasteiger partial charge >= 0.3 is 0 Å². The maximum Gasteiger partial charge on any atom is 0.211 e. The molecule has 1 rings (SSSR count). The molecule has 1 heterocycles. The second-order valence-electron chi connectivity index (χ2n) is 2.05. The number of rotatable bonds is 2. The summed E-state index contributed by atoms with van der Waals surface area (Å²) in [5, 5.41) is 3.00. The third-order valence-electron chi connectivity index (χ3n) is 1.27. The van der Waals surface area contributed by atoms with Gasteiger partial charge in [-0.15, -0.1) is 0 Å². The van der Waals surface area contributed by atoms with Gasteiger partial charge in [0.2, 0.25) is 6.41 Å². The minimum absolute atomic E-state index is 0.514. The lowest BCUT2D eigenvalue weighted by atomic mass is 10.3. The molecule has 0 radical (unpaired) electrons. The van der Waals surface area contributed by atoms with Crippen LogP contribution in [0.2, 0.25) is 5.02 Å². The van der Waals surface area contributed by atoms with Gasteiger partial charge in [0.15, 0.2) is 0 Å². The highest BCUT2D eigenvalue weighted by Gasteiger charge is 1.97. The third kappa shape index (κ3) is 1.91. The van der Waals surface area contributed by atoms with Crippen LogP contribution in [0.3, 0.4) is 0 Å². The number of nitrogens with one attached hydrogen (secondary N) is 1. The van der Waals surface area contributed by atoms with Crippen molar-refractivity contribution in [1.82, 2.24) is 4.98 Å². The number of hydrogen-bond acceptors (Lipinski definition) is 2. The first-order valence-electron chi connectivity index (χ1n) is 3.06. The Morgan fingerprint density at radius 2 is 2.45 bits per heavy atom. The summed E-state index contributed by atoms with van der Waals surface area (Å²) >= 11 is 5.63. The van der Waals surface area contributed by atoms with Crippen molar-refractivity contribution in [3.05, 3.63) is 23.0 Å². The van der Waals surface area contributed by atoms with E-state index in [1.807, 2.05) is 0 Å². The van der Waals surface area contributed by atoms with E-state index in [0.29, 0.717) is 17.1 Å². The fourth-order valence-electron chi connectivity index (χ4n) is 0.717. The number of carbonyl (C=O) groups excluding carboxylic acids is 1. The molecule has 0 aromatic carbocycles. The maximum atomic E-state index is 10.1. The summed E-state index contributed by atoms with van der Waals surface area (Å²) in [5.41, 5.74) is 1.40. The molecule has 4 heteroatoms. The summed E-state index contributed by atoms with van der Waals surface area (Å²) in [5.74, 6) is 0. The molecule has 1 aromatic rings. The molecule has 0 unspecified atom stereocenters. The second-order valence-corrected chi connectivity index (χ2v) is 2.49. The van der Waals surface area contributed by atoms with Gasteiger partial charge in [-0.3, -0.25) is 9.78 Å². The molecule has 0 fully saturated rings. The molecule has 1 N–H and O–H groups in total. The topological polar surface area (TPSA) is 42.0 Å². The van der Waals surface area contributed by atoms with Crippen LogP contribution in [0.1, 0.15) is 5.69 Å². The Labute approximate surface area is 69.4 Å². The number of aryl methyl sites for hydroxylation is 1. The minimum Gasteiger partial charge on any atom is -0.327 e. The number of carbonyl (C=O) groups is 1. The van der Waals surface area contributed by atoms with Crippen LogP contribution in [0.5, 0.6) is 0 Å². The molecule has 58 valence electrons. The summed E-state index contributed by atoms with van der Waals surface area (Å²) in [6.07, 6.45) is 2.13. The highest BCUT2D eigenvalue weighted by Crippen LogP contribution is 2.16. The van der Waals surface area contributed by atoms with Crippen molar-refractivity contribution in [3.63, 3.8) is 0 Å². The minimum atomic E-state index is 0.514. The van der Waals surface area contributed by atoms with Gasteiger partial charge in [-0.25, -0.2) is 0 Å². The first-order chi connectivity index (χ1) is 5.24. The van der Waals surface area contributed by atoms with Gasteiger partial charge in [0, 0.05) is 6.20 Å². The third-order valence-corrected chi connectivity index (χ3v) is 1.47. The van der Waals surface area contributed by atoms with Crippen LogP contribution >= 0.6 is 11.6 Å². The van der Waals surface area contributed by atoms with Crippen molar-refractivity contribution < 1.29 is 4.79 Å². The van der Waals surface area contributed by atoms with Crippen molar-refractivity contribution >= 4 is 23.7 Å². The first kappa shape index (κ1) is 8.01. The largest absolute Gasteiger partial charge is 0.327 e. The summed E-state index contributed by atoms with van der Waals surface area (Å²) in [6, 6.07) is 1.65. The fourth-order valence-corrected chi connectivity index (χ4v) is 0.875. The smallest absolute Gasteiger partial charge is 0.211 e. The first-order valence-corrected chi connectivity index (χ1v) is 3.44.